The van der Waals surface area contributed by atoms with Crippen molar-refractivity contribution in [3.05, 3.63) is 75.9 Å². The number of nitriles is 1. The van der Waals surface area contributed by atoms with Crippen molar-refractivity contribution in [2.75, 3.05) is 19.7 Å². The molecule has 1 saturated heterocycles. The number of amides is 1. The molecule has 1 aromatic heterocycles. The molecule has 37 heavy (non-hydrogen) atoms. The van der Waals surface area contributed by atoms with Crippen LogP contribution in [0.25, 0.3) is 11.3 Å². The standard InChI is InChI=1S/C28H29ClN4O4/c1-32-24(11-4-5-14-37-18-19-7-6-9-22(29)15-19)25(27(34)33-13-12-21(17-33)28(35)36)26(31-32)23-10-3-2-8-20(23)16-30/h2-3,6-10,15,21H,4-5,11-14,17-18H2,1H3,(H,35,36)/t21-/m0/s1. The quantitative estimate of drug-likeness (QED) is 0.388. The van der Waals surface area contributed by atoms with Gasteiger partial charge in [-0.3, -0.25) is 14.3 Å². The Morgan fingerprint density at radius 2 is 2.03 bits per heavy atom. The Balaban J connectivity index is 1.51. The Morgan fingerprint density at radius 3 is 2.76 bits per heavy atom. The average Bonchev–Trinajstić information content (AvgIpc) is 3.51. The third-order valence-corrected chi connectivity index (χ3v) is 6.85. The predicted molar refractivity (Wildman–Crippen MR) is 139 cm³/mol. The van der Waals surface area contributed by atoms with E-state index in [0.29, 0.717) is 60.0 Å². The molecule has 0 radical (unpaired) electrons. The van der Waals surface area contributed by atoms with Gasteiger partial charge in [0.1, 0.15) is 5.69 Å². The maximum absolute atomic E-state index is 13.7. The van der Waals surface area contributed by atoms with Gasteiger partial charge in [-0.2, -0.15) is 10.4 Å². The molecule has 1 aliphatic rings. The van der Waals surface area contributed by atoms with Crippen molar-refractivity contribution < 1.29 is 19.4 Å². The Kier molecular flexibility index (Phi) is 8.59. The Labute approximate surface area is 221 Å². The second-order valence-electron chi connectivity index (χ2n) is 9.17. The van der Waals surface area contributed by atoms with Gasteiger partial charge in [0.05, 0.1) is 35.4 Å². The topological polar surface area (TPSA) is 108 Å². The lowest BCUT2D eigenvalue weighted by atomic mass is 9.98. The molecule has 1 N–H and O–H groups in total. The molecule has 0 saturated carbocycles. The second kappa shape index (κ2) is 12.0. The van der Waals surface area contributed by atoms with Crippen LogP contribution in [0.15, 0.2) is 48.5 Å². The zero-order valence-electron chi connectivity index (χ0n) is 20.7. The molecule has 1 amide bonds. The molecule has 8 nitrogen and oxygen atoms in total. The largest absolute Gasteiger partial charge is 0.481 e. The van der Waals surface area contributed by atoms with Crippen molar-refractivity contribution in [3.8, 4) is 17.3 Å². The van der Waals surface area contributed by atoms with Crippen molar-refractivity contribution in [3.63, 3.8) is 0 Å². The number of aromatic nitrogens is 2. The zero-order chi connectivity index (χ0) is 26.4. The number of benzene rings is 2. The predicted octanol–water partition coefficient (Wildman–Crippen LogP) is 4.70. The van der Waals surface area contributed by atoms with E-state index in [0.717, 1.165) is 24.1 Å². The zero-order valence-corrected chi connectivity index (χ0v) is 21.4. The fourth-order valence-electron chi connectivity index (χ4n) is 4.66. The van der Waals surface area contributed by atoms with E-state index in [-0.39, 0.29) is 12.5 Å². The number of carbonyl (C=O) groups excluding carboxylic acids is 1. The van der Waals surface area contributed by atoms with Gasteiger partial charge in [-0.1, -0.05) is 41.9 Å². The highest BCUT2D eigenvalue weighted by molar-refractivity contribution is 6.30. The number of rotatable bonds is 10. The lowest BCUT2D eigenvalue weighted by Gasteiger charge is -2.17. The van der Waals surface area contributed by atoms with Crippen molar-refractivity contribution in [2.24, 2.45) is 13.0 Å². The first-order valence-corrected chi connectivity index (χ1v) is 12.7. The van der Waals surface area contributed by atoms with E-state index < -0.39 is 11.9 Å². The maximum atomic E-state index is 13.7. The molecule has 192 valence electrons. The minimum atomic E-state index is -0.894. The fraction of sp³-hybridized carbons (Fsp3) is 0.357. The lowest BCUT2D eigenvalue weighted by molar-refractivity contribution is -0.141. The third kappa shape index (κ3) is 6.19. The van der Waals surface area contributed by atoms with Crippen LogP contribution in [0, 0.1) is 17.2 Å². The van der Waals surface area contributed by atoms with Crippen LogP contribution in [0.4, 0.5) is 0 Å². The molecule has 3 aromatic rings. The van der Waals surface area contributed by atoms with Crippen LogP contribution in [-0.4, -0.2) is 51.4 Å². The summed E-state index contributed by atoms with van der Waals surface area (Å²) in [6.45, 7) is 1.58. The van der Waals surface area contributed by atoms with Crippen molar-refractivity contribution in [2.45, 2.75) is 32.3 Å². The van der Waals surface area contributed by atoms with E-state index in [1.54, 1.807) is 34.8 Å². The molecular weight excluding hydrogens is 492 g/mol. The van der Waals surface area contributed by atoms with Crippen LogP contribution in [0.3, 0.4) is 0 Å². The van der Waals surface area contributed by atoms with Gasteiger partial charge in [-0.05, 0) is 49.4 Å². The highest BCUT2D eigenvalue weighted by Crippen LogP contribution is 2.31. The van der Waals surface area contributed by atoms with Gasteiger partial charge >= 0.3 is 5.97 Å². The van der Waals surface area contributed by atoms with E-state index in [1.165, 1.54) is 0 Å². The van der Waals surface area contributed by atoms with Crippen LogP contribution in [0.5, 0.6) is 0 Å². The van der Waals surface area contributed by atoms with Crippen molar-refractivity contribution >= 4 is 23.5 Å². The molecule has 9 heteroatoms. The number of ether oxygens (including phenoxy) is 1. The summed E-state index contributed by atoms with van der Waals surface area (Å²) >= 11 is 6.02. The first kappa shape index (κ1) is 26.4. The first-order chi connectivity index (χ1) is 17.9. The molecule has 1 aliphatic heterocycles. The number of nitrogens with zero attached hydrogens (tertiary/aromatic N) is 4. The molecule has 0 unspecified atom stereocenters. The molecule has 2 aromatic carbocycles. The smallest absolute Gasteiger partial charge is 0.308 e. The highest BCUT2D eigenvalue weighted by atomic mass is 35.5. The lowest BCUT2D eigenvalue weighted by Crippen LogP contribution is -2.31. The highest BCUT2D eigenvalue weighted by Gasteiger charge is 2.35. The summed E-state index contributed by atoms with van der Waals surface area (Å²) in [7, 11) is 1.80. The number of hydrogen-bond donors (Lipinski definition) is 1. The molecule has 0 spiro atoms. The number of aliphatic carboxylic acids is 1. The summed E-state index contributed by atoms with van der Waals surface area (Å²) in [4.78, 5) is 26.8. The van der Waals surface area contributed by atoms with E-state index in [9.17, 15) is 20.0 Å². The first-order valence-electron chi connectivity index (χ1n) is 12.3. The monoisotopic (exact) mass is 520 g/mol. The number of likely N-dealkylation sites (tertiary alicyclic amines) is 1. The van der Waals surface area contributed by atoms with Gasteiger partial charge in [-0.15, -0.1) is 0 Å². The average molecular weight is 521 g/mol. The summed E-state index contributed by atoms with van der Waals surface area (Å²) in [5.41, 5.74) is 3.70. The van der Waals surface area contributed by atoms with E-state index in [4.69, 9.17) is 16.3 Å². The van der Waals surface area contributed by atoms with Crippen LogP contribution < -0.4 is 0 Å². The van der Waals surface area contributed by atoms with E-state index >= 15 is 0 Å². The van der Waals surface area contributed by atoms with Crippen molar-refractivity contribution in [1.82, 2.24) is 14.7 Å². The Morgan fingerprint density at radius 1 is 1.22 bits per heavy atom. The number of carboxylic acid groups (broad SMARTS) is 1. The fourth-order valence-corrected chi connectivity index (χ4v) is 4.88. The normalized spacial score (nSPS) is 15.1. The molecule has 2 heterocycles. The Bertz CT molecular complexity index is 1330. The minimum absolute atomic E-state index is 0.166. The number of halogens is 1. The number of unbranched alkanes of at least 4 members (excludes halogenated alkanes) is 1. The summed E-state index contributed by atoms with van der Waals surface area (Å²) < 4.78 is 7.50. The van der Waals surface area contributed by atoms with Gasteiger partial charge in [-0.25, -0.2) is 0 Å². The molecule has 4 rings (SSSR count). The van der Waals surface area contributed by atoms with Gasteiger partial charge in [0.2, 0.25) is 0 Å². The van der Waals surface area contributed by atoms with Crippen LogP contribution in [0.1, 0.15) is 46.4 Å². The van der Waals surface area contributed by atoms with Gasteiger partial charge in [0, 0.05) is 37.3 Å². The summed E-state index contributed by atoms with van der Waals surface area (Å²) in [5.74, 6) is -1.71. The van der Waals surface area contributed by atoms with Gasteiger partial charge < -0.3 is 14.7 Å². The summed E-state index contributed by atoms with van der Waals surface area (Å²) in [6.07, 6.45) is 2.57. The Hall–Kier alpha value is -3.67. The third-order valence-electron chi connectivity index (χ3n) is 6.62. The molecule has 0 aliphatic carbocycles. The molecule has 1 fully saturated rings. The summed E-state index contributed by atoms with van der Waals surface area (Å²) in [5, 5.41) is 24.4. The number of carbonyl (C=O) groups is 2. The maximum Gasteiger partial charge on any atom is 0.308 e. The van der Waals surface area contributed by atoms with Crippen LogP contribution in [-0.2, 0) is 29.6 Å². The molecular formula is C28H29ClN4O4. The SMILES string of the molecule is Cn1nc(-c2ccccc2C#N)c(C(=O)N2CC[C@H](C(=O)O)C2)c1CCCCOCc1cccc(Cl)c1. The molecule has 1 atom stereocenters. The second-order valence-corrected chi connectivity index (χ2v) is 9.60. The molecule has 0 bridgehead atoms. The minimum Gasteiger partial charge on any atom is -0.481 e. The number of carboxylic acids is 1. The summed E-state index contributed by atoms with van der Waals surface area (Å²) in [6, 6.07) is 16.8. The van der Waals surface area contributed by atoms with Crippen molar-refractivity contribution in [1.29, 1.82) is 5.26 Å². The van der Waals surface area contributed by atoms with Crippen LogP contribution >= 0.6 is 11.6 Å². The van der Waals surface area contributed by atoms with Gasteiger partial charge in [0.25, 0.3) is 5.91 Å². The number of aryl methyl sites for hydroxylation is 1. The van der Waals surface area contributed by atoms with E-state index in [1.807, 2.05) is 30.3 Å². The number of hydrogen-bond acceptors (Lipinski definition) is 5. The van der Waals surface area contributed by atoms with E-state index in [2.05, 4.69) is 11.2 Å². The van der Waals surface area contributed by atoms with Gasteiger partial charge in [0.15, 0.2) is 0 Å². The van der Waals surface area contributed by atoms with Crippen LogP contribution in [0.2, 0.25) is 5.02 Å².